The highest BCUT2D eigenvalue weighted by atomic mass is 19.1. The number of rotatable bonds is 7. The molecule has 4 heteroatoms. The zero-order chi connectivity index (χ0) is 14.3. The van der Waals surface area contributed by atoms with E-state index in [2.05, 4.69) is 6.58 Å². The number of hydrogen-bond acceptors (Lipinski definition) is 2. The van der Waals surface area contributed by atoms with Gasteiger partial charge >= 0.3 is 0 Å². The Morgan fingerprint density at radius 1 is 1.53 bits per heavy atom. The predicted octanol–water partition coefficient (Wildman–Crippen LogP) is 2.47. The topological polar surface area (TPSA) is 46.3 Å². The number of nitrogens with two attached hydrogens (primary N) is 1. The van der Waals surface area contributed by atoms with Crippen LogP contribution in [0.3, 0.4) is 0 Å². The van der Waals surface area contributed by atoms with Crippen LogP contribution in [-0.2, 0) is 11.3 Å². The van der Waals surface area contributed by atoms with E-state index in [0.29, 0.717) is 18.5 Å². The molecule has 0 heterocycles. The van der Waals surface area contributed by atoms with Crippen LogP contribution in [0.1, 0.15) is 25.3 Å². The molecule has 0 aromatic heterocycles. The molecule has 1 amide bonds. The molecule has 1 unspecified atom stereocenters. The van der Waals surface area contributed by atoms with E-state index >= 15 is 0 Å². The van der Waals surface area contributed by atoms with E-state index in [4.69, 9.17) is 5.73 Å². The lowest BCUT2D eigenvalue weighted by molar-refractivity contribution is -0.132. The van der Waals surface area contributed by atoms with Crippen LogP contribution >= 0.6 is 0 Å². The highest BCUT2D eigenvalue weighted by Gasteiger charge is 2.20. The van der Waals surface area contributed by atoms with Gasteiger partial charge < -0.3 is 10.6 Å². The highest BCUT2D eigenvalue weighted by molar-refractivity contribution is 5.81. The van der Waals surface area contributed by atoms with Crippen LogP contribution < -0.4 is 5.73 Å². The number of benzene rings is 1. The number of carbonyl (C=O) groups excluding carboxylic acids is 1. The summed E-state index contributed by atoms with van der Waals surface area (Å²) in [4.78, 5) is 13.7. The Bertz CT molecular complexity index is 434. The average molecular weight is 264 g/mol. The van der Waals surface area contributed by atoms with Crippen molar-refractivity contribution in [3.63, 3.8) is 0 Å². The normalized spacial score (nSPS) is 11.9. The van der Waals surface area contributed by atoms with E-state index in [0.717, 1.165) is 6.42 Å². The first kappa shape index (κ1) is 15.4. The Kier molecular flexibility index (Phi) is 6.22. The van der Waals surface area contributed by atoms with Crippen LogP contribution in [0.15, 0.2) is 36.9 Å². The second-order valence-electron chi connectivity index (χ2n) is 4.49. The molecule has 0 bridgehead atoms. The number of amides is 1. The number of nitrogens with zero attached hydrogens (tertiary/aromatic N) is 1. The lowest BCUT2D eigenvalue weighted by Crippen LogP contribution is -2.43. The van der Waals surface area contributed by atoms with Crippen molar-refractivity contribution >= 4 is 5.91 Å². The van der Waals surface area contributed by atoms with E-state index in [9.17, 15) is 9.18 Å². The Labute approximate surface area is 113 Å². The van der Waals surface area contributed by atoms with Gasteiger partial charge in [-0.2, -0.15) is 0 Å². The first-order valence-corrected chi connectivity index (χ1v) is 6.48. The molecule has 2 N–H and O–H groups in total. The van der Waals surface area contributed by atoms with Gasteiger partial charge in [0.25, 0.3) is 0 Å². The van der Waals surface area contributed by atoms with Crippen LogP contribution in [0.25, 0.3) is 0 Å². The third-order valence-electron chi connectivity index (χ3n) is 2.90. The van der Waals surface area contributed by atoms with Gasteiger partial charge in [0.2, 0.25) is 5.91 Å². The summed E-state index contributed by atoms with van der Waals surface area (Å²) < 4.78 is 13.6. The van der Waals surface area contributed by atoms with Gasteiger partial charge in [0.05, 0.1) is 6.04 Å². The average Bonchev–Trinajstić information content (AvgIpc) is 2.40. The molecule has 1 rings (SSSR count). The number of carbonyl (C=O) groups is 1. The van der Waals surface area contributed by atoms with Crippen molar-refractivity contribution < 1.29 is 9.18 Å². The maximum absolute atomic E-state index is 13.6. The minimum atomic E-state index is -0.531. The summed E-state index contributed by atoms with van der Waals surface area (Å²) in [5.74, 6) is -0.474. The van der Waals surface area contributed by atoms with Gasteiger partial charge in [-0.25, -0.2) is 4.39 Å². The summed E-state index contributed by atoms with van der Waals surface area (Å²) in [5.41, 5.74) is 6.32. The van der Waals surface area contributed by atoms with Crippen molar-refractivity contribution in [1.82, 2.24) is 4.90 Å². The van der Waals surface area contributed by atoms with Gasteiger partial charge in [-0.15, -0.1) is 6.58 Å². The number of hydrogen-bond donors (Lipinski definition) is 1. The quantitative estimate of drug-likeness (QED) is 0.769. The van der Waals surface area contributed by atoms with Crippen molar-refractivity contribution in [2.45, 2.75) is 32.4 Å². The lowest BCUT2D eigenvalue weighted by atomic mass is 10.1. The van der Waals surface area contributed by atoms with Crippen molar-refractivity contribution in [3.05, 3.63) is 48.3 Å². The fourth-order valence-corrected chi connectivity index (χ4v) is 1.89. The van der Waals surface area contributed by atoms with Crippen LogP contribution in [-0.4, -0.2) is 23.4 Å². The molecule has 0 saturated heterocycles. The fourth-order valence-electron chi connectivity index (χ4n) is 1.89. The third-order valence-corrected chi connectivity index (χ3v) is 2.90. The highest BCUT2D eigenvalue weighted by Crippen LogP contribution is 2.11. The zero-order valence-corrected chi connectivity index (χ0v) is 11.3. The molecule has 1 aromatic carbocycles. The standard InChI is InChI=1S/C15H21FN2O/c1-3-7-14(17)15(19)18(10-4-2)11-12-8-5-6-9-13(12)16/h4-6,8-9,14H,2-3,7,10-11,17H2,1H3. The Hall–Kier alpha value is -1.68. The SMILES string of the molecule is C=CCN(Cc1ccccc1F)C(=O)C(N)CCC. The summed E-state index contributed by atoms with van der Waals surface area (Å²) in [6, 6.07) is 5.90. The first-order chi connectivity index (χ1) is 9.10. The minimum Gasteiger partial charge on any atom is -0.333 e. The first-order valence-electron chi connectivity index (χ1n) is 6.48. The van der Waals surface area contributed by atoms with Gasteiger partial charge in [0.1, 0.15) is 5.82 Å². The maximum atomic E-state index is 13.6. The van der Waals surface area contributed by atoms with Gasteiger partial charge in [0, 0.05) is 18.7 Å². The zero-order valence-electron chi connectivity index (χ0n) is 11.3. The second kappa shape index (κ2) is 7.69. The van der Waals surface area contributed by atoms with Crippen LogP contribution in [0.4, 0.5) is 4.39 Å². The summed E-state index contributed by atoms with van der Waals surface area (Å²) in [5, 5.41) is 0. The van der Waals surface area contributed by atoms with Crippen LogP contribution in [0.2, 0.25) is 0 Å². The van der Waals surface area contributed by atoms with Crippen LogP contribution in [0.5, 0.6) is 0 Å². The summed E-state index contributed by atoms with van der Waals surface area (Å²) in [7, 11) is 0. The van der Waals surface area contributed by atoms with E-state index in [1.54, 1.807) is 24.3 Å². The predicted molar refractivity (Wildman–Crippen MR) is 74.9 cm³/mol. The Morgan fingerprint density at radius 3 is 2.79 bits per heavy atom. The van der Waals surface area contributed by atoms with Crippen molar-refractivity contribution in [2.75, 3.05) is 6.54 Å². The summed E-state index contributed by atoms with van der Waals surface area (Å²) >= 11 is 0. The maximum Gasteiger partial charge on any atom is 0.240 e. The Morgan fingerprint density at radius 2 is 2.21 bits per heavy atom. The van der Waals surface area contributed by atoms with E-state index in [1.165, 1.54) is 11.0 Å². The molecule has 1 aromatic rings. The van der Waals surface area contributed by atoms with Gasteiger partial charge in [-0.05, 0) is 12.5 Å². The molecule has 0 saturated carbocycles. The lowest BCUT2D eigenvalue weighted by Gasteiger charge is -2.24. The van der Waals surface area contributed by atoms with Crippen LogP contribution in [0, 0.1) is 5.82 Å². The van der Waals surface area contributed by atoms with Gasteiger partial charge in [-0.3, -0.25) is 4.79 Å². The summed E-state index contributed by atoms with van der Waals surface area (Å²) in [6.07, 6.45) is 3.09. The number of halogens is 1. The molecular weight excluding hydrogens is 243 g/mol. The molecule has 0 aliphatic heterocycles. The molecule has 0 aliphatic carbocycles. The molecular formula is C15H21FN2O. The van der Waals surface area contributed by atoms with E-state index < -0.39 is 6.04 Å². The molecule has 19 heavy (non-hydrogen) atoms. The van der Waals surface area contributed by atoms with Crippen molar-refractivity contribution in [2.24, 2.45) is 5.73 Å². The minimum absolute atomic E-state index is 0.162. The largest absolute Gasteiger partial charge is 0.333 e. The second-order valence-corrected chi connectivity index (χ2v) is 4.49. The fraction of sp³-hybridized carbons (Fsp3) is 0.400. The molecule has 0 fully saturated rings. The van der Waals surface area contributed by atoms with Gasteiger partial charge in [-0.1, -0.05) is 37.6 Å². The van der Waals surface area contributed by atoms with Crippen molar-refractivity contribution in [3.8, 4) is 0 Å². The molecule has 3 nitrogen and oxygen atoms in total. The molecule has 0 aliphatic rings. The molecule has 104 valence electrons. The Balaban J connectivity index is 2.80. The van der Waals surface area contributed by atoms with Crippen molar-refractivity contribution in [1.29, 1.82) is 0 Å². The molecule has 1 atom stereocenters. The van der Waals surface area contributed by atoms with Gasteiger partial charge in [0.15, 0.2) is 0 Å². The van der Waals surface area contributed by atoms with E-state index in [-0.39, 0.29) is 18.3 Å². The summed E-state index contributed by atoms with van der Waals surface area (Å²) in [6.45, 7) is 6.18. The molecule has 0 spiro atoms. The monoisotopic (exact) mass is 264 g/mol. The van der Waals surface area contributed by atoms with E-state index in [1.807, 2.05) is 6.92 Å². The third kappa shape index (κ3) is 4.48. The molecule has 0 radical (unpaired) electrons. The smallest absolute Gasteiger partial charge is 0.240 e.